The fraction of sp³-hybridized carbons (Fsp3) is 0.148. The molecule has 1 atom stereocenters. The van der Waals surface area contributed by atoms with Gasteiger partial charge in [-0.15, -0.1) is 22.7 Å². The number of carbonyl (C=O) groups is 2. The Morgan fingerprint density at radius 2 is 1.68 bits per heavy atom. The average Bonchev–Trinajstić information content (AvgIpc) is 3.55. The van der Waals surface area contributed by atoms with Gasteiger partial charge in [-0.1, -0.05) is 30.3 Å². The van der Waals surface area contributed by atoms with E-state index >= 15 is 0 Å². The summed E-state index contributed by atoms with van der Waals surface area (Å²) < 4.78 is 37.7. The number of aliphatic carboxylic acids is 1. The van der Waals surface area contributed by atoms with Crippen molar-refractivity contribution in [2.75, 3.05) is 5.32 Å². The molecule has 0 aliphatic carbocycles. The summed E-state index contributed by atoms with van der Waals surface area (Å²) in [5.74, 6) is -2.61. The largest absolute Gasteiger partial charge is 0.481 e. The molecule has 2 aromatic carbocycles. The van der Waals surface area contributed by atoms with Crippen LogP contribution >= 0.6 is 22.7 Å². The van der Waals surface area contributed by atoms with Gasteiger partial charge in [-0.3, -0.25) is 14.8 Å². The van der Waals surface area contributed by atoms with Gasteiger partial charge in [0.25, 0.3) is 0 Å². The first kappa shape index (κ1) is 25.6. The third-order valence-electron chi connectivity index (χ3n) is 5.94. The Morgan fingerprint density at radius 1 is 1.05 bits per heavy atom. The van der Waals surface area contributed by atoms with Crippen LogP contribution in [0.2, 0.25) is 0 Å². The van der Waals surface area contributed by atoms with E-state index in [0.29, 0.717) is 21.8 Å². The normalized spacial score (nSPS) is 12.0. The third-order valence-corrected chi connectivity index (χ3v) is 8.31. The van der Waals surface area contributed by atoms with Crippen molar-refractivity contribution in [3.63, 3.8) is 0 Å². The molecule has 0 radical (unpaired) electrons. The van der Waals surface area contributed by atoms with Gasteiger partial charge in [-0.2, -0.15) is 5.10 Å². The van der Waals surface area contributed by atoms with Gasteiger partial charge in [0.2, 0.25) is 0 Å². The highest BCUT2D eigenvalue weighted by Gasteiger charge is 2.20. The summed E-state index contributed by atoms with van der Waals surface area (Å²) in [5.41, 5.74) is 1.46. The molecule has 38 heavy (non-hydrogen) atoms. The second kappa shape index (κ2) is 10.3. The number of ether oxygens (including phenoxy) is 1. The number of nitrogens with one attached hydrogen (secondary N) is 1. The maximum Gasteiger partial charge on any atom is 0.413 e. The number of aryl methyl sites for hydroxylation is 1. The fourth-order valence-corrected chi connectivity index (χ4v) is 6.42. The molecule has 7 nitrogen and oxygen atoms in total. The lowest BCUT2D eigenvalue weighted by Crippen LogP contribution is -2.18. The van der Waals surface area contributed by atoms with Crippen molar-refractivity contribution in [2.24, 2.45) is 7.05 Å². The molecule has 0 aliphatic rings. The summed E-state index contributed by atoms with van der Waals surface area (Å²) in [4.78, 5) is 25.0. The molecule has 0 bridgehead atoms. The van der Waals surface area contributed by atoms with E-state index < -0.39 is 41.8 Å². The average molecular weight is 554 g/mol. The quantitative estimate of drug-likeness (QED) is 0.222. The number of thiophene rings is 2. The Balaban J connectivity index is 1.37. The van der Waals surface area contributed by atoms with Crippen LogP contribution in [-0.4, -0.2) is 26.9 Å². The summed E-state index contributed by atoms with van der Waals surface area (Å²) in [6.45, 7) is 1.79. The number of aromatic nitrogens is 2. The van der Waals surface area contributed by atoms with Crippen LogP contribution in [0.1, 0.15) is 24.2 Å². The molecule has 0 fully saturated rings. The van der Waals surface area contributed by atoms with E-state index in [2.05, 4.69) is 10.4 Å². The molecule has 5 rings (SSSR count). The van der Waals surface area contributed by atoms with Gasteiger partial charge >= 0.3 is 12.1 Å². The molecule has 2 N–H and O–H groups in total. The number of carboxylic acids is 1. The zero-order valence-corrected chi connectivity index (χ0v) is 21.8. The van der Waals surface area contributed by atoms with Gasteiger partial charge in [-0.05, 0) is 42.3 Å². The predicted octanol–water partition coefficient (Wildman–Crippen LogP) is 7.25. The highest BCUT2D eigenvalue weighted by Crippen LogP contribution is 2.43. The molecule has 0 aliphatic heterocycles. The van der Waals surface area contributed by atoms with Crippen LogP contribution in [0.3, 0.4) is 0 Å². The molecule has 1 amide bonds. The van der Waals surface area contributed by atoms with E-state index in [1.54, 1.807) is 24.9 Å². The minimum Gasteiger partial charge on any atom is -0.481 e. The van der Waals surface area contributed by atoms with E-state index in [9.17, 15) is 18.4 Å². The van der Waals surface area contributed by atoms with Crippen molar-refractivity contribution in [3.8, 4) is 20.9 Å². The minimum atomic E-state index is -1.30. The van der Waals surface area contributed by atoms with E-state index in [0.717, 1.165) is 32.0 Å². The van der Waals surface area contributed by atoms with Gasteiger partial charge < -0.3 is 9.84 Å². The smallest absolute Gasteiger partial charge is 0.413 e. The van der Waals surface area contributed by atoms with Crippen LogP contribution in [-0.2, 0) is 23.0 Å². The van der Waals surface area contributed by atoms with E-state index in [1.165, 1.54) is 22.7 Å². The first-order chi connectivity index (χ1) is 18.2. The van der Waals surface area contributed by atoms with Crippen LogP contribution in [0.25, 0.3) is 30.3 Å². The lowest BCUT2D eigenvalue weighted by Gasteiger charge is -2.14. The Labute approximate surface area is 223 Å². The van der Waals surface area contributed by atoms with Gasteiger partial charge in [0.15, 0.2) is 0 Å². The number of benzene rings is 2. The molecule has 3 aromatic heterocycles. The maximum absolute atomic E-state index is 14.4. The van der Waals surface area contributed by atoms with Crippen LogP contribution in [0.4, 0.5) is 19.4 Å². The standard InChI is InChI=1S/C27H21F2N3O4S2/c1-14(15-6-4-3-5-7-15)36-27(35)31-26-18(13-30-32(26)2)22-12-24-23(38-22)11-21(37-24)16-8-19(28)17(10-25(33)34)20(29)9-16/h3-9,11-14H,10H2,1-2H3,(H,31,35)(H,33,34)/t14-/m1/s1. The van der Waals surface area contributed by atoms with Crippen molar-refractivity contribution >= 4 is 50.0 Å². The summed E-state index contributed by atoms with van der Waals surface area (Å²) in [6.07, 6.45) is -0.118. The lowest BCUT2D eigenvalue weighted by molar-refractivity contribution is -0.136. The number of amides is 1. The topological polar surface area (TPSA) is 93.4 Å². The first-order valence-electron chi connectivity index (χ1n) is 11.5. The van der Waals surface area contributed by atoms with Crippen LogP contribution in [0.5, 0.6) is 0 Å². The maximum atomic E-state index is 14.4. The van der Waals surface area contributed by atoms with Crippen LogP contribution in [0, 0.1) is 11.6 Å². The van der Waals surface area contributed by atoms with Crippen molar-refractivity contribution in [1.29, 1.82) is 0 Å². The summed E-state index contributed by atoms with van der Waals surface area (Å²) in [7, 11) is 1.71. The molecule has 3 heterocycles. The third kappa shape index (κ3) is 5.15. The summed E-state index contributed by atoms with van der Waals surface area (Å²) in [6, 6.07) is 15.5. The zero-order chi connectivity index (χ0) is 27.0. The second-order valence-corrected chi connectivity index (χ2v) is 10.7. The minimum absolute atomic E-state index is 0.336. The number of hydrogen-bond acceptors (Lipinski definition) is 6. The highest BCUT2D eigenvalue weighted by atomic mass is 32.1. The van der Waals surface area contributed by atoms with Crippen molar-refractivity contribution in [1.82, 2.24) is 9.78 Å². The van der Waals surface area contributed by atoms with Crippen molar-refractivity contribution in [2.45, 2.75) is 19.4 Å². The number of fused-ring (bicyclic) bond motifs is 1. The highest BCUT2D eigenvalue weighted by molar-refractivity contribution is 7.31. The summed E-state index contributed by atoms with van der Waals surface area (Å²) >= 11 is 2.81. The van der Waals surface area contributed by atoms with E-state index in [-0.39, 0.29) is 0 Å². The number of rotatable bonds is 7. The molecule has 0 saturated carbocycles. The van der Waals surface area contributed by atoms with Gasteiger partial charge in [0.05, 0.1) is 18.2 Å². The zero-order valence-electron chi connectivity index (χ0n) is 20.2. The molecular formula is C27H21F2N3O4S2. The van der Waals surface area contributed by atoms with Crippen molar-refractivity contribution < 1.29 is 28.2 Å². The molecule has 0 saturated heterocycles. The SMILES string of the molecule is C[C@@H](OC(=O)Nc1c(-c2cc3sc(-c4cc(F)c(CC(=O)O)c(F)c4)cc3s2)cnn1C)c1ccccc1. The summed E-state index contributed by atoms with van der Waals surface area (Å²) in [5, 5.41) is 15.9. The molecule has 5 aromatic rings. The van der Waals surface area contributed by atoms with Crippen LogP contribution < -0.4 is 5.32 Å². The number of nitrogens with zero attached hydrogens (tertiary/aromatic N) is 2. The monoisotopic (exact) mass is 553 g/mol. The lowest BCUT2D eigenvalue weighted by atomic mass is 10.1. The number of halogens is 2. The van der Waals surface area contributed by atoms with E-state index in [4.69, 9.17) is 9.84 Å². The molecule has 194 valence electrons. The number of carboxylic acid groups (broad SMARTS) is 1. The van der Waals surface area contributed by atoms with Gasteiger partial charge in [0.1, 0.15) is 23.6 Å². The van der Waals surface area contributed by atoms with Gasteiger partial charge in [-0.25, -0.2) is 13.6 Å². The number of anilines is 1. The van der Waals surface area contributed by atoms with Crippen LogP contribution in [0.15, 0.2) is 60.8 Å². The number of hydrogen-bond donors (Lipinski definition) is 2. The first-order valence-corrected chi connectivity index (χ1v) is 13.1. The molecule has 11 heteroatoms. The fourth-order valence-electron chi connectivity index (χ4n) is 4.02. The predicted molar refractivity (Wildman–Crippen MR) is 144 cm³/mol. The Kier molecular flexibility index (Phi) is 6.96. The molecule has 0 spiro atoms. The Hall–Kier alpha value is -4.09. The Morgan fingerprint density at radius 3 is 2.34 bits per heavy atom. The second-order valence-electron chi connectivity index (χ2n) is 8.55. The molecule has 0 unspecified atom stereocenters. The Bertz CT molecular complexity index is 1610. The van der Waals surface area contributed by atoms with Gasteiger partial charge in [0, 0.05) is 31.8 Å². The molecular weight excluding hydrogens is 532 g/mol. The van der Waals surface area contributed by atoms with E-state index in [1.807, 2.05) is 42.5 Å². The number of carbonyl (C=O) groups excluding carboxylic acids is 1. The van der Waals surface area contributed by atoms with Crippen molar-refractivity contribution in [3.05, 3.63) is 83.6 Å².